The molecule has 1 spiro atoms. The summed E-state index contributed by atoms with van der Waals surface area (Å²) in [4.78, 5) is 58.9. The number of ether oxygens (including phenoxy) is 1. The minimum atomic E-state index is -0.780. The van der Waals surface area contributed by atoms with Crippen LogP contribution in [0.5, 0.6) is 11.6 Å². The van der Waals surface area contributed by atoms with Crippen molar-refractivity contribution >= 4 is 28.7 Å². The van der Waals surface area contributed by atoms with Crippen molar-refractivity contribution < 1.29 is 23.8 Å². The number of amides is 2. The Labute approximate surface area is 280 Å². The second-order valence-corrected chi connectivity index (χ2v) is 13.5. The molecular formula is C33H37FN10O5. The molecule has 0 aromatic carbocycles. The van der Waals surface area contributed by atoms with E-state index in [0.717, 1.165) is 12.8 Å². The Morgan fingerprint density at radius 2 is 1.90 bits per heavy atom. The van der Waals surface area contributed by atoms with Gasteiger partial charge in [-0.1, -0.05) is 6.92 Å². The van der Waals surface area contributed by atoms with Gasteiger partial charge >= 0.3 is 0 Å². The van der Waals surface area contributed by atoms with Crippen LogP contribution >= 0.6 is 0 Å². The number of methoxy groups -OCH3 is 1. The van der Waals surface area contributed by atoms with Crippen LogP contribution in [0.2, 0.25) is 0 Å². The summed E-state index contributed by atoms with van der Waals surface area (Å²) in [5.74, 6) is -0.518. The number of anilines is 1. The lowest BCUT2D eigenvalue weighted by Gasteiger charge is -2.54. The average molecular weight is 673 g/mol. The van der Waals surface area contributed by atoms with E-state index in [0.29, 0.717) is 67.4 Å². The lowest BCUT2D eigenvalue weighted by molar-refractivity contribution is -0.123. The van der Waals surface area contributed by atoms with Gasteiger partial charge in [0.05, 0.1) is 24.5 Å². The third-order valence-electron chi connectivity index (χ3n) is 10.8. The molecule has 5 heterocycles. The monoisotopic (exact) mass is 672 g/mol. The zero-order valence-electron chi connectivity index (χ0n) is 27.5. The fourth-order valence-corrected chi connectivity index (χ4v) is 7.89. The van der Waals surface area contributed by atoms with E-state index in [4.69, 9.17) is 9.84 Å². The van der Waals surface area contributed by atoms with E-state index in [9.17, 15) is 23.9 Å². The standard InChI is InChI=1S/C33H37FN10O5/c1-4-20-28(41-9-10-42(22-6-5-21(22)41)32(48)27-29(46)17(2)36-16-37-27)30(47)26-31(40-44(39-26)19-7-8-35-25(11-19)49-3)43(20)15-24(45)38-18-12-33(13-18)14-23(33)34/h7-8,11,16,18,21-23,46H,4-6,9-10,12-15H2,1-3H3,(H,38,45)/t18?,21-,22-,23?,33?/m0/s1. The topological polar surface area (TPSA) is 173 Å². The van der Waals surface area contributed by atoms with Crippen LogP contribution in [0.1, 0.15) is 60.9 Å². The first-order chi connectivity index (χ1) is 23.6. The number of hydrogen-bond acceptors (Lipinski definition) is 11. The molecule has 0 bridgehead atoms. The highest BCUT2D eigenvalue weighted by molar-refractivity contribution is 5.95. The highest BCUT2D eigenvalue weighted by Crippen LogP contribution is 2.62. The number of aromatic nitrogens is 7. The molecule has 15 nitrogen and oxygen atoms in total. The lowest BCUT2D eigenvalue weighted by atomic mass is 9.76. The van der Waals surface area contributed by atoms with Gasteiger partial charge in [0.25, 0.3) is 5.91 Å². The quantitative estimate of drug-likeness (QED) is 0.280. The van der Waals surface area contributed by atoms with Gasteiger partial charge in [-0.15, -0.1) is 15.0 Å². The number of piperazine rings is 1. The van der Waals surface area contributed by atoms with E-state index in [1.807, 2.05) is 6.92 Å². The molecule has 49 heavy (non-hydrogen) atoms. The summed E-state index contributed by atoms with van der Waals surface area (Å²) in [5.41, 5.74) is 1.68. The highest BCUT2D eigenvalue weighted by atomic mass is 19.1. The third kappa shape index (κ3) is 4.98. The first kappa shape index (κ1) is 31.1. The highest BCUT2D eigenvalue weighted by Gasteiger charge is 2.62. The summed E-state index contributed by atoms with van der Waals surface area (Å²) in [7, 11) is 1.50. The van der Waals surface area contributed by atoms with Crippen molar-refractivity contribution in [2.75, 3.05) is 25.1 Å². The number of aryl methyl sites for hydroxylation is 1. The van der Waals surface area contributed by atoms with Gasteiger partial charge in [-0.3, -0.25) is 14.4 Å². The molecule has 1 saturated heterocycles. The van der Waals surface area contributed by atoms with Crippen LogP contribution in [0.15, 0.2) is 29.5 Å². The van der Waals surface area contributed by atoms with Crippen molar-refractivity contribution in [1.82, 2.24) is 44.7 Å². The molecule has 4 aliphatic rings. The number of rotatable bonds is 8. The molecule has 0 radical (unpaired) electrons. The van der Waals surface area contributed by atoms with Gasteiger partial charge in [0, 0.05) is 48.5 Å². The number of halogens is 1. The molecule has 4 aromatic rings. The summed E-state index contributed by atoms with van der Waals surface area (Å²) in [5, 5.41) is 22.9. The van der Waals surface area contributed by atoms with Crippen LogP contribution in [0, 0.1) is 12.3 Å². The smallest absolute Gasteiger partial charge is 0.276 e. The van der Waals surface area contributed by atoms with E-state index in [1.54, 1.807) is 34.7 Å². The van der Waals surface area contributed by atoms with Gasteiger partial charge < -0.3 is 29.5 Å². The maximum atomic E-state index is 14.5. The number of nitrogens with one attached hydrogen (secondary N) is 1. The molecule has 1 aliphatic heterocycles. The predicted molar refractivity (Wildman–Crippen MR) is 174 cm³/mol. The molecule has 3 saturated carbocycles. The first-order valence-corrected chi connectivity index (χ1v) is 16.7. The summed E-state index contributed by atoms with van der Waals surface area (Å²) in [6.45, 7) is 4.09. The molecule has 16 heteroatoms. The molecule has 8 rings (SSSR count). The van der Waals surface area contributed by atoms with E-state index in [-0.39, 0.29) is 69.9 Å². The molecule has 4 aromatic heterocycles. The van der Waals surface area contributed by atoms with Crippen LogP contribution in [0.4, 0.5) is 10.1 Å². The molecule has 4 fully saturated rings. The number of nitrogens with zero attached hydrogens (tertiary/aromatic N) is 9. The van der Waals surface area contributed by atoms with E-state index in [1.165, 1.54) is 18.2 Å². The number of hydrogen-bond donors (Lipinski definition) is 2. The van der Waals surface area contributed by atoms with Crippen molar-refractivity contribution in [3.05, 3.63) is 52.0 Å². The zero-order chi connectivity index (χ0) is 34.2. The number of carbonyl (C=O) groups excluding carboxylic acids is 2. The summed E-state index contributed by atoms with van der Waals surface area (Å²) >= 11 is 0. The molecule has 3 aliphatic carbocycles. The minimum absolute atomic E-state index is 0.0407. The Morgan fingerprint density at radius 3 is 2.59 bits per heavy atom. The molecule has 3 atom stereocenters. The van der Waals surface area contributed by atoms with Gasteiger partial charge in [-0.2, -0.15) is 0 Å². The van der Waals surface area contributed by atoms with Crippen molar-refractivity contribution in [3.63, 3.8) is 0 Å². The Kier molecular flexibility index (Phi) is 7.30. The Bertz CT molecular complexity index is 2060. The largest absolute Gasteiger partial charge is 0.504 e. The average Bonchev–Trinajstić information content (AvgIpc) is 3.52. The minimum Gasteiger partial charge on any atom is -0.504 e. The number of fused-ring (bicyclic) bond motifs is 2. The van der Waals surface area contributed by atoms with Crippen molar-refractivity contribution in [1.29, 1.82) is 0 Å². The Hall–Kier alpha value is -5.15. The SMILES string of the molecule is CCc1c(N2CCN(C(=O)c3ncnc(C)c3O)[C@H]3CC[C@@H]32)c(=O)c2nn(-c3ccnc(OC)c3)nc2n1CC(=O)NC1CC2(C1)CC2F. The van der Waals surface area contributed by atoms with E-state index in [2.05, 4.69) is 30.3 Å². The number of pyridine rings is 2. The van der Waals surface area contributed by atoms with Gasteiger partial charge in [0.2, 0.25) is 17.2 Å². The fourth-order valence-electron chi connectivity index (χ4n) is 7.89. The molecule has 2 N–H and O–H groups in total. The fraction of sp³-hybridized carbons (Fsp3) is 0.515. The normalized spacial score (nSPS) is 25.5. The Balaban J connectivity index is 1.16. The van der Waals surface area contributed by atoms with E-state index < -0.39 is 6.17 Å². The summed E-state index contributed by atoms with van der Waals surface area (Å²) in [6.07, 6.45) is 5.74. The van der Waals surface area contributed by atoms with Gasteiger partial charge in [-0.05, 0) is 51.5 Å². The van der Waals surface area contributed by atoms with Crippen molar-refractivity contribution in [3.8, 4) is 17.3 Å². The maximum Gasteiger partial charge on any atom is 0.276 e. The van der Waals surface area contributed by atoms with Crippen molar-refractivity contribution in [2.45, 2.75) is 83.2 Å². The van der Waals surface area contributed by atoms with Crippen LogP contribution in [0.3, 0.4) is 0 Å². The maximum absolute atomic E-state index is 14.5. The van der Waals surface area contributed by atoms with Gasteiger partial charge in [0.15, 0.2) is 22.6 Å². The lowest BCUT2D eigenvalue weighted by Crippen LogP contribution is -2.67. The van der Waals surface area contributed by atoms with Crippen LogP contribution in [0.25, 0.3) is 16.9 Å². The second kappa shape index (κ2) is 11.5. The third-order valence-corrected chi connectivity index (χ3v) is 10.8. The van der Waals surface area contributed by atoms with Gasteiger partial charge in [-0.25, -0.2) is 19.3 Å². The summed E-state index contributed by atoms with van der Waals surface area (Å²) in [6, 6.07) is 2.88. The van der Waals surface area contributed by atoms with Crippen LogP contribution < -0.4 is 20.4 Å². The van der Waals surface area contributed by atoms with Gasteiger partial charge in [0.1, 0.15) is 24.7 Å². The van der Waals surface area contributed by atoms with Crippen LogP contribution in [-0.2, 0) is 17.8 Å². The number of alkyl halides is 1. The Morgan fingerprint density at radius 1 is 1.12 bits per heavy atom. The predicted octanol–water partition coefficient (Wildman–Crippen LogP) is 1.85. The summed E-state index contributed by atoms with van der Waals surface area (Å²) < 4.78 is 20.9. The number of carbonyl (C=O) groups is 2. The first-order valence-electron chi connectivity index (χ1n) is 16.7. The van der Waals surface area contributed by atoms with Crippen molar-refractivity contribution in [2.24, 2.45) is 5.41 Å². The van der Waals surface area contributed by atoms with E-state index >= 15 is 0 Å². The molecule has 256 valence electrons. The van der Waals surface area contributed by atoms with Crippen LogP contribution in [-0.4, -0.2) is 101 Å². The number of aromatic hydroxyl groups is 1. The molecule has 2 amide bonds. The molecule has 1 unspecified atom stereocenters. The zero-order valence-corrected chi connectivity index (χ0v) is 27.5. The molecular weight excluding hydrogens is 635 g/mol. The second-order valence-electron chi connectivity index (χ2n) is 13.5.